The Hall–Kier alpha value is -1.17. The van der Waals surface area contributed by atoms with Crippen molar-refractivity contribution in [1.29, 1.82) is 0 Å². The lowest BCUT2D eigenvalue weighted by Crippen LogP contribution is -2.23. The molecule has 94 valence electrons. The number of rotatable bonds is 6. The van der Waals surface area contributed by atoms with Crippen molar-refractivity contribution in [2.24, 2.45) is 5.73 Å². The Labute approximate surface area is 103 Å². The van der Waals surface area contributed by atoms with Crippen molar-refractivity contribution >= 4 is 10.0 Å². The maximum Gasteiger partial charge on any atom is 0.240 e. The minimum atomic E-state index is -3.42. The van der Waals surface area contributed by atoms with Gasteiger partial charge in [-0.25, -0.2) is 13.1 Å². The highest BCUT2D eigenvalue weighted by molar-refractivity contribution is 7.89. The first-order chi connectivity index (χ1) is 7.95. The van der Waals surface area contributed by atoms with Crippen LogP contribution < -0.4 is 10.5 Å². The molecule has 0 spiro atoms. The predicted octanol–water partition coefficient (Wildman–Crippen LogP) is 1.04. The van der Waals surface area contributed by atoms with Crippen molar-refractivity contribution in [3.05, 3.63) is 42.5 Å². The van der Waals surface area contributed by atoms with E-state index in [1.165, 1.54) is 6.08 Å². The molecular formula is C12H18N2O2S. The summed E-state index contributed by atoms with van der Waals surface area (Å²) >= 11 is 0. The minimum absolute atomic E-state index is 0.0661. The van der Waals surface area contributed by atoms with Crippen molar-refractivity contribution < 1.29 is 8.42 Å². The molecule has 0 bridgehead atoms. The molecule has 0 aromatic heterocycles. The van der Waals surface area contributed by atoms with Gasteiger partial charge in [0, 0.05) is 12.6 Å². The summed E-state index contributed by atoms with van der Waals surface area (Å²) in [5.41, 5.74) is 6.70. The number of nitrogens with two attached hydrogens (primary N) is 1. The molecule has 0 fully saturated rings. The fourth-order valence-electron chi connectivity index (χ4n) is 1.43. The second kappa shape index (κ2) is 5.95. The molecule has 0 radical (unpaired) electrons. The summed E-state index contributed by atoms with van der Waals surface area (Å²) in [5.74, 6) is 0. The topological polar surface area (TPSA) is 72.2 Å². The first-order valence-corrected chi connectivity index (χ1v) is 6.89. The van der Waals surface area contributed by atoms with Crippen LogP contribution in [0.1, 0.15) is 12.5 Å². The predicted molar refractivity (Wildman–Crippen MR) is 69.2 cm³/mol. The molecule has 1 aromatic rings. The van der Waals surface area contributed by atoms with Crippen LogP contribution in [0.15, 0.2) is 41.8 Å². The maximum atomic E-state index is 11.7. The van der Waals surface area contributed by atoms with E-state index >= 15 is 0 Å². The molecule has 17 heavy (non-hydrogen) atoms. The van der Waals surface area contributed by atoms with Gasteiger partial charge >= 0.3 is 0 Å². The number of benzene rings is 1. The van der Waals surface area contributed by atoms with Crippen molar-refractivity contribution in [3.63, 3.8) is 0 Å². The molecule has 3 N–H and O–H groups in total. The standard InChI is InChI=1S/C12H18N2O2S/c1-3-8-14-17(15,16)12-6-4-11(5-7-12)9-10(2)13/h3-7,10,14H,1,8-9,13H2,2H3. The molecule has 1 unspecified atom stereocenters. The molecule has 4 nitrogen and oxygen atoms in total. The van der Waals surface area contributed by atoms with Crippen molar-refractivity contribution in [1.82, 2.24) is 4.72 Å². The molecule has 1 rings (SSSR count). The van der Waals surface area contributed by atoms with Gasteiger partial charge in [0.05, 0.1) is 4.90 Å². The van der Waals surface area contributed by atoms with E-state index in [2.05, 4.69) is 11.3 Å². The molecule has 0 heterocycles. The Morgan fingerprint density at radius 1 is 1.41 bits per heavy atom. The molecule has 0 aliphatic heterocycles. The quantitative estimate of drug-likeness (QED) is 0.745. The maximum absolute atomic E-state index is 11.7. The van der Waals surface area contributed by atoms with Gasteiger partial charge in [0.15, 0.2) is 0 Å². The van der Waals surface area contributed by atoms with E-state index in [1.54, 1.807) is 24.3 Å². The number of hydrogen-bond acceptors (Lipinski definition) is 3. The third-order valence-electron chi connectivity index (χ3n) is 2.21. The van der Waals surface area contributed by atoms with Gasteiger partial charge in [-0.05, 0) is 31.0 Å². The molecule has 0 saturated carbocycles. The van der Waals surface area contributed by atoms with Crippen molar-refractivity contribution in [2.75, 3.05) is 6.54 Å². The van der Waals surface area contributed by atoms with E-state index in [1.807, 2.05) is 6.92 Å². The summed E-state index contributed by atoms with van der Waals surface area (Å²) < 4.78 is 25.9. The van der Waals surface area contributed by atoms with Gasteiger partial charge in [-0.2, -0.15) is 0 Å². The van der Waals surface area contributed by atoms with Crippen LogP contribution in [0.3, 0.4) is 0 Å². The SMILES string of the molecule is C=CCNS(=O)(=O)c1ccc(CC(C)N)cc1. The number of nitrogens with one attached hydrogen (secondary N) is 1. The first kappa shape index (κ1) is 13.9. The molecule has 5 heteroatoms. The van der Waals surface area contributed by atoms with Gasteiger partial charge in [-0.15, -0.1) is 6.58 Å². The van der Waals surface area contributed by atoms with Crippen LogP contribution in [0.2, 0.25) is 0 Å². The van der Waals surface area contributed by atoms with Crippen LogP contribution >= 0.6 is 0 Å². The Balaban J connectivity index is 2.83. The molecule has 0 aliphatic rings. The lowest BCUT2D eigenvalue weighted by Gasteiger charge is -2.07. The molecule has 0 aliphatic carbocycles. The van der Waals surface area contributed by atoms with Gasteiger partial charge in [-0.1, -0.05) is 18.2 Å². The van der Waals surface area contributed by atoms with Gasteiger partial charge < -0.3 is 5.73 Å². The summed E-state index contributed by atoms with van der Waals surface area (Å²) in [5, 5.41) is 0. The molecule has 1 atom stereocenters. The third-order valence-corrected chi connectivity index (χ3v) is 3.65. The van der Waals surface area contributed by atoms with Crippen LogP contribution in [-0.4, -0.2) is 21.0 Å². The first-order valence-electron chi connectivity index (χ1n) is 5.41. The van der Waals surface area contributed by atoms with Gasteiger partial charge in [0.1, 0.15) is 0 Å². The molecule has 1 aromatic carbocycles. The Morgan fingerprint density at radius 2 is 2.00 bits per heavy atom. The van der Waals surface area contributed by atoms with E-state index in [4.69, 9.17) is 5.73 Å². The number of sulfonamides is 1. The van der Waals surface area contributed by atoms with Crippen LogP contribution in [0.4, 0.5) is 0 Å². The van der Waals surface area contributed by atoms with Crippen molar-refractivity contribution in [3.8, 4) is 0 Å². The number of hydrogen-bond donors (Lipinski definition) is 2. The third kappa shape index (κ3) is 4.30. The second-order valence-corrected chi connectivity index (χ2v) is 5.73. The summed E-state index contributed by atoms with van der Waals surface area (Å²) in [6.45, 7) is 5.60. The average Bonchev–Trinajstić information content (AvgIpc) is 2.26. The summed E-state index contributed by atoms with van der Waals surface area (Å²) in [6.07, 6.45) is 2.24. The van der Waals surface area contributed by atoms with Crippen molar-refractivity contribution in [2.45, 2.75) is 24.3 Å². The lowest BCUT2D eigenvalue weighted by atomic mass is 10.1. The normalized spacial score (nSPS) is 13.3. The molecule has 0 amide bonds. The van der Waals surface area contributed by atoms with E-state index in [-0.39, 0.29) is 17.5 Å². The van der Waals surface area contributed by atoms with Crippen LogP contribution in [0.5, 0.6) is 0 Å². The van der Waals surface area contributed by atoms with Crippen LogP contribution in [0, 0.1) is 0 Å². The fourth-order valence-corrected chi connectivity index (χ4v) is 2.43. The Morgan fingerprint density at radius 3 is 2.47 bits per heavy atom. The molecule has 0 saturated heterocycles. The Bertz CT molecular complexity index is 464. The smallest absolute Gasteiger partial charge is 0.240 e. The fraction of sp³-hybridized carbons (Fsp3) is 0.333. The zero-order valence-corrected chi connectivity index (χ0v) is 10.7. The Kier molecular flexibility index (Phi) is 4.86. The van der Waals surface area contributed by atoms with E-state index in [0.29, 0.717) is 0 Å². The highest BCUT2D eigenvalue weighted by Crippen LogP contribution is 2.11. The summed E-state index contributed by atoms with van der Waals surface area (Å²) in [7, 11) is -3.42. The second-order valence-electron chi connectivity index (χ2n) is 3.97. The monoisotopic (exact) mass is 254 g/mol. The average molecular weight is 254 g/mol. The van der Waals surface area contributed by atoms with Gasteiger partial charge in [-0.3, -0.25) is 0 Å². The van der Waals surface area contributed by atoms with E-state index in [9.17, 15) is 8.42 Å². The summed E-state index contributed by atoms with van der Waals surface area (Å²) in [6, 6.07) is 6.81. The van der Waals surface area contributed by atoms with Gasteiger partial charge in [0.2, 0.25) is 10.0 Å². The highest BCUT2D eigenvalue weighted by atomic mass is 32.2. The summed E-state index contributed by atoms with van der Waals surface area (Å²) in [4.78, 5) is 0.257. The zero-order chi connectivity index (χ0) is 12.9. The lowest BCUT2D eigenvalue weighted by molar-refractivity contribution is 0.585. The van der Waals surface area contributed by atoms with E-state index < -0.39 is 10.0 Å². The minimum Gasteiger partial charge on any atom is -0.328 e. The highest BCUT2D eigenvalue weighted by Gasteiger charge is 2.12. The van der Waals surface area contributed by atoms with Crippen LogP contribution in [0.25, 0.3) is 0 Å². The van der Waals surface area contributed by atoms with E-state index in [0.717, 1.165) is 12.0 Å². The zero-order valence-electron chi connectivity index (χ0n) is 9.89. The van der Waals surface area contributed by atoms with Crippen LogP contribution in [-0.2, 0) is 16.4 Å². The van der Waals surface area contributed by atoms with Gasteiger partial charge in [0.25, 0.3) is 0 Å². The largest absolute Gasteiger partial charge is 0.328 e. The molecular weight excluding hydrogens is 236 g/mol.